The van der Waals surface area contributed by atoms with Crippen LogP contribution in [0.2, 0.25) is 0 Å². The maximum Gasteiger partial charge on any atom is 0.0716 e. The monoisotopic (exact) mass is 155 g/mol. The van der Waals surface area contributed by atoms with Gasteiger partial charge in [0, 0.05) is 0 Å². The van der Waals surface area contributed by atoms with Crippen LogP contribution >= 0.6 is 12.2 Å². The molecule has 1 aliphatic carbocycles. The third kappa shape index (κ3) is 0.759. The molecular weight excluding hydrogens is 142 g/mol. The van der Waals surface area contributed by atoms with Crippen LogP contribution in [0, 0.1) is 10.8 Å². The first-order valence-electron chi connectivity index (χ1n) is 3.51. The van der Waals surface area contributed by atoms with Gasteiger partial charge in [-0.25, -0.2) is 4.99 Å². The fraction of sp³-hybridized carbons (Fsp3) is 0.875. The van der Waals surface area contributed by atoms with Crippen molar-refractivity contribution in [1.29, 1.82) is 0 Å². The minimum atomic E-state index is 0.318. The first-order chi connectivity index (χ1) is 4.44. The highest BCUT2D eigenvalue weighted by molar-refractivity contribution is 7.78. The molecular formula is C8H13NS. The molecule has 0 aromatic rings. The van der Waals surface area contributed by atoms with Gasteiger partial charge in [-0.2, -0.15) is 0 Å². The Kier molecular flexibility index (Phi) is 1.50. The number of hydrogen-bond donors (Lipinski definition) is 0. The van der Waals surface area contributed by atoms with E-state index in [0.29, 0.717) is 16.9 Å². The number of thiocarbonyl (C=S) groups is 1. The van der Waals surface area contributed by atoms with Crippen molar-refractivity contribution >= 4 is 17.4 Å². The number of hydrogen-bond acceptors (Lipinski definition) is 2. The summed E-state index contributed by atoms with van der Waals surface area (Å²) < 4.78 is 0. The van der Waals surface area contributed by atoms with Gasteiger partial charge in [0.15, 0.2) is 0 Å². The van der Waals surface area contributed by atoms with Gasteiger partial charge >= 0.3 is 0 Å². The third-order valence-electron chi connectivity index (χ3n) is 3.13. The Morgan fingerprint density at radius 2 is 1.60 bits per heavy atom. The van der Waals surface area contributed by atoms with Crippen molar-refractivity contribution in [3.8, 4) is 0 Å². The van der Waals surface area contributed by atoms with Crippen LogP contribution in [0.3, 0.4) is 0 Å². The minimum Gasteiger partial charge on any atom is -0.228 e. The van der Waals surface area contributed by atoms with Crippen LogP contribution in [0.25, 0.3) is 0 Å². The van der Waals surface area contributed by atoms with Crippen LogP contribution in [-0.4, -0.2) is 11.2 Å². The summed E-state index contributed by atoms with van der Waals surface area (Å²) >= 11 is 4.56. The lowest BCUT2D eigenvalue weighted by Crippen LogP contribution is -1.95. The summed E-state index contributed by atoms with van der Waals surface area (Å²) in [6, 6.07) is 0.387. The topological polar surface area (TPSA) is 12.4 Å². The number of aliphatic imine (C=N–C) groups is 1. The van der Waals surface area contributed by atoms with Gasteiger partial charge < -0.3 is 0 Å². The van der Waals surface area contributed by atoms with Gasteiger partial charge in [0.2, 0.25) is 0 Å². The van der Waals surface area contributed by atoms with Crippen LogP contribution < -0.4 is 0 Å². The number of nitrogens with zero attached hydrogens (tertiary/aromatic N) is 1. The van der Waals surface area contributed by atoms with Gasteiger partial charge in [0.05, 0.1) is 11.2 Å². The Labute approximate surface area is 67.5 Å². The van der Waals surface area contributed by atoms with Crippen molar-refractivity contribution in [3.05, 3.63) is 0 Å². The van der Waals surface area contributed by atoms with Crippen LogP contribution in [0.15, 0.2) is 4.99 Å². The molecule has 1 saturated carbocycles. The van der Waals surface area contributed by atoms with E-state index in [-0.39, 0.29) is 0 Å². The van der Waals surface area contributed by atoms with E-state index < -0.39 is 0 Å². The maximum atomic E-state index is 4.56. The van der Waals surface area contributed by atoms with E-state index in [1.54, 1.807) is 0 Å². The normalized spacial score (nSPS) is 27.2. The van der Waals surface area contributed by atoms with E-state index in [1.165, 1.54) is 0 Å². The smallest absolute Gasteiger partial charge is 0.0716 e. The van der Waals surface area contributed by atoms with Crippen molar-refractivity contribution in [1.82, 2.24) is 0 Å². The maximum absolute atomic E-state index is 4.56. The van der Waals surface area contributed by atoms with Gasteiger partial charge in [-0.3, -0.25) is 0 Å². The molecule has 10 heavy (non-hydrogen) atoms. The van der Waals surface area contributed by atoms with Crippen molar-refractivity contribution < 1.29 is 0 Å². The Bertz CT molecular complexity index is 185. The summed E-state index contributed by atoms with van der Waals surface area (Å²) in [7, 11) is 0. The Morgan fingerprint density at radius 1 is 1.20 bits per heavy atom. The molecule has 0 aromatic heterocycles. The summed E-state index contributed by atoms with van der Waals surface area (Å²) in [5, 5.41) is 2.45. The molecule has 0 spiro atoms. The fourth-order valence-electron chi connectivity index (χ4n) is 1.54. The molecule has 1 rings (SSSR count). The van der Waals surface area contributed by atoms with Gasteiger partial charge in [-0.05, 0) is 23.0 Å². The molecule has 0 radical (unpaired) electrons. The van der Waals surface area contributed by atoms with Crippen molar-refractivity contribution in [3.63, 3.8) is 0 Å². The zero-order valence-corrected chi connectivity index (χ0v) is 7.75. The highest BCUT2D eigenvalue weighted by Crippen LogP contribution is 2.64. The average molecular weight is 155 g/mol. The second kappa shape index (κ2) is 1.90. The average Bonchev–Trinajstić information content (AvgIpc) is 2.13. The van der Waals surface area contributed by atoms with E-state index in [0.717, 1.165) is 0 Å². The van der Waals surface area contributed by atoms with Crippen LogP contribution in [0.1, 0.15) is 27.7 Å². The highest BCUT2D eigenvalue weighted by atomic mass is 32.1. The lowest BCUT2D eigenvalue weighted by atomic mass is 10.0. The fourth-order valence-corrected chi connectivity index (χ4v) is 1.64. The van der Waals surface area contributed by atoms with E-state index in [9.17, 15) is 0 Å². The summed E-state index contributed by atoms with van der Waals surface area (Å²) in [5.74, 6) is 0. The predicted octanol–water partition coefficient (Wildman–Crippen LogP) is 2.52. The molecule has 1 aliphatic rings. The second-order valence-corrected chi connectivity index (χ2v) is 4.25. The molecule has 0 heterocycles. The van der Waals surface area contributed by atoms with E-state index in [1.807, 2.05) is 0 Å². The van der Waals surface area contributed by atoms with E-state index >= 15 is 0 Å². The first kappa shape index (κ1) is 7.90. The standard InChI is InChI=1S/C8H13NS/c1-7(2)6(9-5-10)8(7,3)4/h6H,1-4H3. The second-order valence-electron chi connectivity index (χ2n) is 4.07. The van der Waals surface area contributed by atoms with Crippen LogP contribution in [0.5, 0.6) is 0 Å². The van der Waals surface area contributed by atoms with E-state index in [2.05, 4.69) is 50.1 Å². The summed E-state index contributed by atoms with van der Waals surface area (Å²) in [5.41, 5.74) is 0.637. The molecule has 0 aliphatic heterocycles. The van der Waals surface area contributed by atoms with Crippen molar-refractivity contribution in [2.45, 2.75) is 33.7 Å². The molecule has 0 N–H and O–H groups in total. The predicted molar refractivity (Wildman–Crippen MR) is 46.4 cm³/mol. The molecule has 2 heteroatoms. The molecule has 0 aromatic carbocycles. The summed E-state index contributed by atoms with van der Waals surface area (Å²) in [4.78, 5) is 4.11. The number of isothiocyanates is 1. The lowest BCUT2D eigenvalue weighted by molar-refractivity contribution is 0.457. The highest BCUT2D eigenvalue weighted by Gasteiger charge is 2.65. The molecule has 1 fully saturated rings. The largest absolute Gasteiger partial charge is 0.228 e. The molecule has 56 valence electrons. The minimum absolute atomic E-state index is 0.318. The van der Waals surface area contributed by atoms with Gasteiger partial charge in [0.1, 0.15) is 0 Å². The molecule has 0 bridgehead atoms. The van der Waals surface area contributed by atoms with Gasteiger partial charge in [-0.15, -0.1) is 0 Å². The molecule has 0 saturated heterocycles. The molecule has 0 unspecified atom stereocenters. The first-order valence-corrected chi connectivity index (χ1v) is 3.92. The third-order valence-corrected chi connectivity index (χ3v) is 3.23. The lowest BCUT2D eigenvalue weighted by Gasteiger charge is -2.02. The summed E-state index contributed by atoms with van der Waals surface area (Å²) in [6.45, 7) is 8.86. The van der Waals surface area contributed by atoms with Gasteiger partial charge in [0.25, 0.3) is 0 Å². The molecule has 0 amide bonds. The van der Waals surface area contributed by atoms with Crippen molar-refractivity contribution in [2.24, 2.45) is 15.8 Å². The quantitative estimate of drug-likeness (QED) is 0.418. The summed E-state index contributed by atoms with van der Waals surface area (Å²) in [6.07, 6.45) is 0. The molecule has 0 atom stereocenters. The van der Waals surface area contributed by atoms with Crippen LogP contribution in [0.4, 0.5) is 0 Å². The Balaban J connectivity index is 2.81. The Morgan fingerprint density at radius 3 is 1.70 bits per heavy atom. The molecule has 1 nitrogen and oxygen atoms in total. The van der Waals surface area contributed by atoms with Crippen molar-refractivity contribution in [2.75, 3.05) is 0 Å². The Hall–Kier alpha value is -0.200. The van der Waals surface area contributed by atoms with Crippen LogP contribution in [-0.2, 0) is 0 Å². The zero-order valence-electron chi connectivity index (χ0n) is 6.93. The van der Waals surface area contributed by atoms with Gasteiger partial charge in [-0.1, -0.05) is 27.7 Å². The number of rotatable bonds is 1. The van der Waals surface area contributed by atoms with E-state index in [4.69, 9.17) is 0 Å². The zero-order chi connectivity index (χ0) is 7.99. The SMILES string of the molecule is CC1(C)C(N=C=S)C1(C)C.